The minimum absolute atomic E-state index is 0.193. The number of rotatable bonds is 5. The minimum atomic E-state index is 0.193. The van der Waals surface area contributed by atoms with E-state index in [1.165, 1.54) is 0 Å². The molecule has 128 valence electrons. The highest BCUT2D eigenvalue weighted by Gasteiger charge is 2.21. The lowest BCUT2D eigenvalue weighted by atomic mass is 10.2. The van der Waals surface area contributed by atoms with Gasteiger partial charge in [0.2, 0.25) is 5.91 Å². The Morgan fingerprint density at radius 2 is 2.20 bits per heavy atom. The molecule has 1 aliphatic heterocycles. The van der Waals surface area contributed by atoms with Gasteiger partial charge in [0.25, 0.3) is 6.01 Å². The van der Waals surface area contributed by atoms with Crippen LogP contribution in [0.4, 0.5) is 11.7 Å². The molecule has 0 spiro atoms. The lowest BCUT2D eigenvalue weighted by Gasteiger charge is -2.16. The second-order valence-electron chi connectivity index (χ2n) is 6.03. The number of oxazole rings is 1. The summed E-state index contributed by atoms with van der Waals surface area (Å²) in [4.78, 5) is 18.2. The molecular formula is C19H19N3O3. The molecule has 0 unspecified atom stereocenters. The number of aromatic nitrogens is 1. The van der Waals surface area contributed by atoms with Gasteiger partial charge in [0, 0.05) is 31.3 Å². The summed E-state index contributed by atoms with van der Waals surface area (Å²) in [7, 11) is 1.62. The van der Waals surface area contributed by atoms with Crippen LogP contribution in [0.2, 0.25) is 0 Å². The first-order valence-electron chi connectivity index (χ1n) is 8.31. The van der Waals surface area contributed by atoms with Crippen LogP contribution in [0.15, 0.2) is 46.9 Å². The molecule has 1 fully saturated rings. The summed E-state index contributed by atoms with van der Waals surface area (Å²) in [6, 6.07) is 14.0. The Labute approximate surface area is 145 Å². The topological polar surface area (TPSA) is 67.6 Å². The summed E-state index contributed by atoms with van der Waals surface area (Å²) < 4.78 is 10.9. The quantitative estimate of drug-likeness (QED) is 0.771. The average Bonchev–Trinajstić information content (AvgIpc) is 3.25. The smallest absolute Gasteiger partial charge is 0.295 e. The largest absolute Gasteiger partial charge is 0.497 e. The Hall–Kier alpha value is -3.02. The number of benzene rings is 2. The van der Waals surface area contributed by atoms with Gasteiger partial charge >= 0.3 is 0 Å². The van der Waals surface area contributed by atoms with Crippen LogP contribution in [0.3, 0.4) is 0 Å². The number of anilines is 2. The van der Waals surface area contributed by atoms with E-state index in [-0.39, 0.29) is 5.91 Å². The number of fused-ring (bicyclic) bond motifs is 1. The molecule has 25 heavy (non-hydrogen) atoms. The summed E-state index contributed by atoms with van der Waals surface area (Å²) in [6.07, 6.45) is 1.56. The first-order valence-corrected chi connectivity index (χ1v) is 8.31. The number of carbonyl (C=O) groups excluding carboxylic acids is 1. The Balaban J connectivity index is 1.48. The number of amides is 1. The van der Waals surface area contributed by atoms with E-state index in [2.05, 4.69) is 10.3 Å². The zero-order chi connectivity index (χ0) is 17.2. The summed E-state index contributed by atoms with van der Waals surface area (Å²) in [5.74, 6) is 0.938. The number of hydrogen-bond acceptors (Lipinski definition) is 5. The number of nitrogens with one attached hydrogen (secondary N) is 1. The predicted molar refractivity (Wildman–Crippen MR) is 95.9 cm³/mol. The van der Waals surface area contributed by atoms with Crippen molar-refractivity contribution in [1.29, 1.82) is 0 Å². The van der Waals surface area contributed by atoms with E-state index in [9.17, 15) is 4.79 Å². The third-order valence-corrected chi connectivity index (χ3v) is 4.33. The fourth-order valence-corrected chi connectivity index (χ4v) is 3.04. The van der Waals surface area contributed by atoms with Gasteiger partial charge in [-0.05, 0) is 36.2 Å². The first kappa shape index (κ1) is 15.5. The molecule has 1 aromatic heterocycles. The monoisotopic (exact) mass is 337 g/mol. The molecule has 0 aliphatic carbocycles. The molecule has 0 bridgehead atoms. The van der Waals surface area contributed by atoms with Crippen molar-refractivity contribution in [2.75, 3.05) is 23.9 Å². The van der Waals surface area contributed by atoms with Crippen molar-refractivity contribution in [3.63, 3.8) is 0 Å². The third kappa shape index (κ3) is 3.15. The molecule has 0 atom stereocenters. The van der Waals surface area contributed by atoms with Gasteiger partial charge < -0.3 is 19.4 Å². The summed E-state index contributed by atoms with van der Waals surface area (Å²) >= 11 is 0. The van der Waals surface area contributed by atoms with Crippen molar-refractivity contribution in [3.05, 3.63) is 48.0 Å². The molecule has 3 aromatic rings. The van der Waals surface area contributed by atoms with Gasteiger partial charge in [-0.25, -0.2) is 0 Å². The van der Waals surface area contributed by atoms with Crippen LogP contribution in [0, 0.1) is 0 Å². The zero-order valence-corrected chi connectivity index (χ0v) is 14.0. The fourth-order valence-electron chi connectivity index (χ4n) is 3.04. The highest BCUT2D eigenvalue weighted by molar-refractivity contribution is 5.95. The van der Waals surface area contributed by atoms with Crippen LogP contribution in [0.25, 0.3) is 11.1 Å². The van der Waals surface area contributed by atoms with Crippen LogP contribution >= 0.6 is 0 Å². The van der Waals surface area contributed by atoms with Gasteiger partial charge in [-0.1, -0.05) is 12.1 Å². The van der Waals surface area contributed by atoms with Gasteiger partial charge in [-0.3, -0.25) is 4.79 Å². The van der Waals surface area contributed by atoms with Gasteiger partial charge in [0.15, 0.2) is 5.58 Å². The van der Waals surface area contributed by atoms with Crippen LogP contribution in [0.5, 0.6) is 5.75 Å². The van der Waals surface area contributed by atoms with E-state index in [4.69, 9.17) is 9.15 Å². The van der Waals surface area contributed by atoms with Gasteiger partial charge in [-0.2, -0.15) is 4.98 Å². The van der Waals surface area contributed by atoms with E-state index >= 15 is 0 Å². The van der Waals surface area contributed by atoms with Crippen molar-refractivity contribution in [2.24, 2.45) is 0 Å². The van der Waals surface area contributed by atoms with E-state index in [1.807, 2.05) is 47.4 Å². The Morgan fingerprint density at radius 1 is 1.28 bits per heavy atom. The van der Waals surface area contributed by atoms with Gasteiger partial charge in [-0.15, -0.1) is 0 Å². The highest BCUT2D eigenvalue weighted by atomic mass is 16.5. The van der Waals surface area contributed by atoms with E-state index < -0.39 is 0 Å². The maximum Gasteiger partial charge on any atom is 0.295 e. The van der Waals surface area contributed by atoms with Crippen molar-refractivity contribution < 1.29 is 13.9 Å². The maximum absolute atomic E-state index is 11.9. The van der Waals surface area contributed by atoms with Crippen LogP contribution in [-0.4, -0.2) is 24.5 Å². The normalized spacial score (nSPS) is 14.3. The third-order valence-electron chi connectivity index (χ3n) is 4.33. The Bertz CT molecular complexity index is 919. The standard InChI is InChI=1S/C19H19N3O3/c1-24-15-7-8-17-16(11-15)21-19(25-17)20-12-13-4-2-5-14(10-13)22-9-3-6-18(22)23/h2,4-5,7-8,10-11H,3,6,9,12H2,1H3,(H,20,21). The molecule has 6 nitrogen and oxygen atoms in total. The van der Waals surface area contributed by atoms with Gasteiger partial charge in [0.05, 0.1) is 7.11 Å². The summed E-state index contributed by atoms with van der Waals surface area (Å²) in [5, 5.41) is 3.19. The van der Waals surface area contributed by atoms with E-state index in [1.54, 1.807) is 7.11 Å². The molecule has 0 radical (unpaired) electrons. The predicted octanol–water partition coefficient (Wildman–Crippen LogP) is 3.58. The number of nitrogens with zero attached hydrogens (tertiary/aromatic N) is 2. The molecule has 1 saturated heterocycles. The van der Waals surface area contributed by atoms with Gasteiger partial charge in [0.1, 0.15) is 11.3 Å². The second kappa shape index (κ2) is 6.47. The van der Waals surface area contributed by atoms with Crippen molar-refractivity contribution >= 4 is 28.7 Å². The summed E-state index contributed by atoms with van der Waals surface area (Å²) in [6.45, 7) is 1.36. The SMILES string of the molecule is COc1ccc2oc(NCc3cccc(N4CCCC4=O)c3)nc2c1. The molecule has 2 aromatic carbocycles. The molecule has 1 aliphatic rings. The molecule has 1 amide bonds. The Morgan fingerprint density at radius 3 is 3.00 bits per heavy atom. The number of hydrogen-bond donors (Lipinski definition) is 1. The average molecular weight is 337 g/mol. The van der Waals surface area contributed by atoms with Crippen LogP contribution < -0.4 is 15.0 Å². The molecule has 1 N–H and O–H groups in total. The van der Waals surface area contributed by atoms with E-state index in [0.717, 1.165) is 35.5 Å². The second-order valence-corrected chi connectivity index (χ2v) is 6.03. The van der Waals surface area contributed by atoms with Crippen LogP contribution in [0.1, 0.15) is 18.4 Å². The number of methoxy groups -OCH3 is 1. The Kier molecular flexibility index (Phi) is 4.01. The zero-order valence-electron chi connectivity index (χ0n) is 14.0. The van der Waals surface area contributed by atoms with Crippen molar-refractivity contribution in [1.82, 2.24) is 4.98 Å². The first-order chi connectivity index (χ1) is 12.2. The number of ether oxygens (including phenoxy) is 1. The lowest BCUT2D eigenvalue weighted by molar-refractivity contribution is -0.117. The molecule has 4 rings (SSSR count). The molecule has 6 heteroatoms. The minimum Gasteiger partial charge on any atom is -0.497 e. The summed E-state index contributed by atoms with van der Waals surface area (Å²) in [5.41, 5.74) is 3.47. The fraction of sp³-hybridized carbons (Fsp3) is 0.263. The lowest BCUT2D eigenvalue weighted by Crippen LogP contribution is -2.23. The molecule has 2 heterocycles. The van der Waals surface area contributed by atoms with Crippen molar-refractivity contribution in [3.8, 4) is 5.75 Å². The maximum atomic E-state index is 11.9. The van der Waals surface area contributed by atoms with Crippen LogP contribution in [-0.2, 0) is 11.3 Å². The molecule has 0 saturated carbocycles. The van der Waals surface area contributed by atoms with E-state index in [0.29, 0.717) is 24.6 Å². The highest BCUT2D eigenvalue weighted by Crippen LogP contribution is 2.25. The molecular weight excluding hydrogens is 318 g/mol. The number of carbonyl (C=O) groups is 1. The van der Waals surface area contributed by atoms with Crippen molar-refractivity contribution in [2.45, 2.75) is 19.4 Å².